The van der Waals surface area contributed by atoms with Crippen LogP contribution >= 0.6 is 0 Å². The highest BCUT2D eigenvalue weighted by Gasteiger charge is 2.31. The molecule has 2 heteroatoms. The molecule has 1 aromatic carbocycles. The molecule has 3 unspecified atom stereocenters. The monoisotopic (exact) mass is 289 g/mol. The van der Waals surface area contributed by atoms with E-state index in [1.54, 1.807) is 0 Å². The largest absolute Gasteiger partial charge is 0.490 e. The molecule has 21 heavy (non-hydrogen) atoms. The van der Waals surface area contributed by atoms with E-state index in [4.69, 9.17) is 10.5 Å². The van der Waals surface area contributed by atoms with Crippen molar-refractivity contribution in [1.82, 2.24) is 0 Å². The van der Waals surface area contributed by atoms with Crippen molar-refractivity contribution in [3.63, 3.8) is 0 Å². The second-order valence-electron chi connectivity index (χ2n) is 6.81. The number of rotatable bonds is 6. The molecule has 2 N–H and O–H groups in total. The summed E-state index contributed by atoms with van der Waals surface area (Å²) in [5.74, 6) is 2.88. The molecule has 0 aromatic heterocycles. The number of para-hydroxylation sites is 1. The van der Waals surface area contributed by atoms with E-state index >= 15 is 0 Å². The Balaban J connectivity index is 2.11. The van der Waals surface area contributed by atoms with Gasteiger partial charge in [0.15, 0.2) is 0 Å². The molecule has 2 rings (SSSR count). The van der Waals surface area contributed by atoms with Crippen molar-refractivity contribution in [3.8, 4) is 5.75 Å². The lowest BCUT2D eigenvalue weighted by Gasteiger charge is -2.36. The van der Waals surface area contributed by atoms with Crippen molar-refractivity contribution in [2.45, 2.75) is 64.9 Å². The maximum absolute atomic E-state index is 6.45. The van der Waals surface area contributed by atoms with Crippen LogP contribution in [0.3, 0.4) is 0 Å². The van der Waals surface area contributed by atoms with Gasteiger partial charge in [0.1, 0.15) is 11.9 Å². The van der Waals surface area contributed by atoms with Gasteiger partial charge in [-0.1, -0.05) is 51.8 Å². The first kappa shape index (κ1) is 16.4. The first-order valence-corrected chi connectivity index (χ1v) is 8.61. The summed E-state index contributed by atoms with van der Waals surface area (Å²) in [6.07, 6.45) is 6.59. The van der Waals surface area contributed by atoms with Crippen LogP contribution in [-0.4, -0.2) is 12.6 Å². The molecule has 0 amide bonds. The molecule has 0 aliphatic heterocycles. The van der Waals surface area contributed by atoms with Crippen molar-refractivity contribution in [3.05, 3.63) is 29.8 Å². The molecule has 2 nitrogen and oxygen atoms in total. The minimum absolute atomic E-state index is 0.292. The van der Waals surface area contributed by atoms with Gasteiger partial charge >= 0.3 is 0 Å². The summed E-state index contributed by atoms with van der Waals surface area (Å²) in [7, 11) is 0. The van der Waals surface area contributed by atoms with Gasteiger partial charge in [-0.2, -0.15) is 0 Å². The Kier molecular flexibility index (Phi) is 6.10. The molecule has 0 heterocycles. The molecule has 0 spiro atoms. The van der Waals surface area contributed by atoms with E-state index in [2.05, 4.69) is 45.0 Å². The van der Waals surface area contributed by atoms with Crippen LogP contribution in [0, 0.1) is 11.8 Å². The van der Waals surface area contributed by atoms with Crippen molar-refractivity contribution >= 4 is 0 Å². The van der Waals surface area contributed by atoms with E-state index in [1.165, 1.54) is 37.7 Å². The van der Waals surface area contributed by atoms with Crippen LogP contribution in [0.15, 0.2) is 24.3 Å². The van der Waals surface area contributed by atoms with Gasteiger partial charge in [-0.15, -0.1) is 0 Å². The first-order valence-electron chi connectivity index (χ1n) is 8.61. The van der Waals surface area contributed by atoms with Gasteiger partial charge < -0.3 is 10.5 Å². The Bertz CT molecular complexity index is 429. The summed E-state index contributed by atoms with van der Waals surface area (Å²) in [6.45, 7) is 7.47. The third-order valence-electron chi connectivity index (χ3n) is 4.86. The quantitative estimate of drug-likeness (QED) is 0.821. The molecular weight excluding hydrogens is 258 g/mol. The Hall–Kier alpha value is -1.02. The Labute approximate surface area is 130 Å². The lowest BCUT2D eigenvalue weighted by Crippen LogP contribution is -2.38. The van der Waals surface area contributed by atoms with Crippen LogP contribution in [-0.2, 0) is 0 Å². The van der Waals surface area contributed by atoms with Gasteiger partial charge in [-0.3, -0.25) is 0 Å². The minimum atomic E-state index is 0.292. The molecule has 1 aliphatic carbocycles. The van der Waals surface area contributed by atoms with E-state index in [0.29, 0.717) is 17.9 Å². The van der Waals surface area contributed by atoms with E-state index in [9.17, 15) is 0 Å². The third kappa shape index (κ3) is 4.23. The van der Waals surface area contributed by atoms with Gasteiger partial charge in [-0.05, 0) is 49.3 Å². The van der Waals surface area contributed by atoms with Gasteiger partial charge in [-0.25, -0.2) is 0 Å². The Morgan fingerprint density at radius 1 is 1.24 bits per heavy atom. The second-order valence-corrected chi connectivity index (χ2v) is 6.81. The van der Waals surface area contributed by atoms with Gasteiger partial charge in [0, 0.05) is 5.92 Å². The highest BCUT2D eigenvalue weighted by molar-refractivity contribution is 5.35. The normalized spacial score (nSPS) is 26.0. The van der Waals surface area contributed by atoms with Gasteiger partial charge in [0.05, 0.1) is 0 Å². The molecule has 1 aromatic rings. The zero-order valence-corrected chi connectivity index (χ0v) is 13.8. The molecule has 3 atom stereocenters. The zero-order chi connectivity index (χ0) is 15.2. The van der Waals surface area contributed by atoms with Crippen LogP contribution in [0.5, 0.6) is 5.75 Å². The highest BCUT2D eigenvalue weighted by atomic mass is 16.5. The molecule has 1 fully saturated rings. The third-order valence-corrected chi connectivity index (χ3v) is 4.86. The SMILES string of the molecule is CCCC1CCC(CN)C(Oc2ccccc2C(C)C)C1. The highest BCUT2D eigenvalue weighted by Crippen LogP contribution is 2.36. The maximum Gasteiger partial charge on any atom is 0.123 e. The first-order chi connectivity index (χ1) is 10.2. The molecule has 0 saturated heterocycles. The van der Waals surface area contributed by atoms with Crippen LogP contribution in [0.25, 0.3) is 0 Å². The number of hydrogen-bond donors (Lipinski definition) is 1. The molecule has 0 radical (unpaired) electrons. The summed E-state index contributed by atoms with van der Waals surface area (Å²) in [4.78, 5) is 0. The Morgan fingerprint density at radius 2 is 2.00 bits per heavy atom. The predicted molar refractivity (Wildman–Crippen MR) is 89.7 cm³/mol. The fourth-order valence-electron chi connectivity index (χ4n) is 3.59. The van der Waals surface area contributed by atoms with E-state index in [0.717, 1.165) is 18.2 Å². The molecule has 118 valence electrons. The lowest BCUT2D eigenvalue weighted by molar-refractivity contribution is 0.0659. The van der Waals surface area contributed by atoms with Crippen LogP contribution in [0.4, 0.5) is 0 Å². The van der Waals surface area contributed by atoms with E-state index < -0.39 is 0 Å². The second kappa shape index (κ2) is 7.84. The van der Waals surface area contributed by atoms with Crippen molar-refractivity contribution in [2.24, 2.45) is 17.6 Å². The van der Waals surface area contributed by atoms with Crippen molar-refractivity contribution in [1.29, 1.82) is 0 Å². The van der Waals surface area contributed by atoms with Crippen molar-refractivity contribution < 1.29 is 4.74 Å². The van der Waals surface area contributed by atoms with Gasteiger partial charge in [0.25, 0.3) is 0 Å². The molecule has 1 saturated carbocycles. The molecule has 1 aliphatic rings. The summed E-state index contributed by atoms with van der Waals surface area (Å²) in [5.41, 5.74) is 7.30. The smallest absolute Gasteiger partial charge is 0.123 e. The number of hydrogen-bond acceptors (Lipinski definition) is 2. The predicted octanol–water partition coefficient (Wildman–Crippen LogP) is 4.73. The standard InChI is InChI=1S/C19H31NO/c1-4-7-15-10-11-16(13-20)19(12-15)21-18-9-6-5-8-17(18)14(2)3/h5-6,8-9,14-16,19H,4,7,10-13,20H2,1-3H3. The molecule has 0 bridgehead atoms. The average molecular weight is 289 g/mol. The summed E-state index contributed by atoms with van der Waals surface area (Å²) >= 11 is 0. The molecular formula is C19H31NO. The number of benzene rings is 1. The average Bonchev–Trinajstić information content (AvgIpc) is 2.48. The summed E-state index contributed by atoms with van der Waals surface area (Å²) < 4.78 is 6.45. The summed E-state index contributed by atoms with van der Waals surface area (Å²) in [5, 5.41) is 0. The van der Waals surface area contributed by atoms with Crippen molar-refractivity contribution in [2.75, 3.05) is 6.54 Å². The van der Waals surface area contributed by atoms with Gasteiger partial charge in [0.2, 0.25) is 0 Å². The fourth-order valence-corrected chi connectivity index (χ4v) is 3.59. The number of nitrogens with two attached hydrogens (primary N) is 1. The Morgan fingerprint density at radius 3 is 2.67 bits per heavy atom. The van der Waals surface area contributed by atoms with Crippen LogP contribution in [0.2, 0.25) is 0 Å². The minimum Gasteiger partial charge on any atom is -0.490 e. The maximum atomic E-state index is 6.45. The topological polar surface area (TPSA) is 35.2 Å². The summed E-state index contributed by atoms with van der Waals surface area (Å²) in [6, 6.07) is 8.48. The van der Waals surface area contributed by atoms with Crippen LogP contribution < -0.4 is 10.5 Å². The van der Waals surface area contributed by atoms with E-state index in [1.807, 2.05) is 0 Å². The van der Waals surface area contributed by atoms with Crippen LogP contribution in [0.1, 0.15) is 64.4 Å². The number of ether oxygens (including phenoxy) is 1. The lowest BCUT2D eigenvalue weighted by atomic mass is 9.78. The van der Waals surface area contributed by atoms with E-state index in [-0.39, 0.29) is 0 Å². The zero-order valence-electron chi connectivity index (χ0n) is 13.8. The fraction of sp³-hybridized carbons (Fsp3) is 0.684.